The molecule has 0 rings (SSSR count). The van der Waals surface area contributed by atoms with Gasteiger partial charge in [-0.2, -0.15) is 0 Å². The quantitative estimate of drug-likeness (QED) is 0.428. The number of hydrogen-bond acceptors (Lipinski definition) is 2. The number of unbranched alkanes of at least 4 members (excludes halogenated alkanes) is 10. The lowest BCUT2D eigenvalue weighted by atomic mass is 10.1. The maximum absolute atomic E-state index is 8.59. The molecule has 17 heavy (non-hydrogen) atoms. The van der Waals surface area contributed by atoms with Crippen LogP contribution in [-0.2, 0) is 4.79 Å². The largest absolute Gasteiger partial charge is 0.483 e. The average Bonchev–Trinajstić information content (AvgIpc) is 2.33. The molecule has 0 atom stereocenters. The van der Waals surface area contributed by atoms with Crippen molar-refractivity contribution in [1.29, 1.82) is 0 Å². The first-order valence-corrected chi connectivity index (χ1v) is 7.02. The summed E-state index contributed by atoms with van der Waals surface area (Å²) in [6.07, 6.45) is 14.8. The Kier molecular flexibility index (Phi) is 23.0. The Hall–Kier alpha value is -0.570. The Morgan fingerprint density at radius 1 is 0.765 bits per heavy atom. The van der Waals surface area contributed by atoms with E-state index in [0.29, 0.717) is 6.61 Å². The Bertz CT molecular complexity index is 115. The van der Waals surface area contributed by atoms with Gasteiger partial charge in [0.05, 0.1) is 0 Å². The summed E-state index contributed by atoms with van der Waals surface area (Å²) in [4.78, 5) is 8.36. The molecule has 3 heteroatoms. The molecule has 0 bridgehead atoms. The fraction of sp³-hybridized carbons (Fsp3) is 0.929. The first-order chi connectivity index (χ1) is 8.33. The smallest absolute Gasteiger partial charge is 0.290 e. The van der Waals surface area contributed by atoms with Gasteiger partial charge in [-0.1, -0.05) is 71.1 Å². The number of carbonyl (C=O) groups is 1. The second-order valence-electron chi connectivity index (χ2n) is 4.36. The van der Waals surface area contributed by atoms with Gasteiger partial charge in [0.1, 0.15) is 0 Å². The normalized spacial score (nSPS) is 9.53. The molecule has 0 saturated carbocycles. The van der Waals surface area contributed by atoms with Gasteiger partial charge < -0.3 is 10.2 Å². The van der Waals surface area contributed by atoms with Gasteiger partial charge in [-0.3, -0.25) is 4.79 Å². The summed E-state index contributed by atoms with van der Waals surface area (Å²) in [6, 6.07) is 0. The van der Waals surface area contributed by atoms with Crippen LogP contribution in [0.2, 0.25) is 0 Å². The average molecular weight is 246 g/mol. The standard InChI is InChI=1S/C13H28O.CH2O2/c1-2-3-4-5-6-7-8-9-10-11-12-13-14;2-1-3/h14H,2-13H2,1H3;1H,(H,2,3). The lowest BCUT2D eigenvalue weighted by Gasteiger charge is -2.01. The first kappa shape index (κ1) is 18.8. The molecule has 0 unspecified atom stereocenters. The molecule has 0 aromatic carbocycles. The minimum atomic E-state index is -0.250. The van der Waals surface area contributed by atoms with Crippen LogP contribution in [-0.4, -0.2) is 23.3 Å². The van der Waals surface area contributed by atoms with Gasteiger partial charge in [-0.25, -0.2) is 0 Å². The van der Waals surface area contributed by atoms with Gasteiger partial charge in [0.2, 0.25) is 0 Å². The second-order valence-corrected chi connectivity index (χ2v) is 4.36. The van der Waals surface area contributed by atoms with Crippen molar-refractivity contribution in [1.82, 2.24) is 0 Å². The van der Waals surface area contributed by atoms with E-state index in [1.807, 2.05) is 0 Å². The Morgan fingerprint density at radius 3 is 1.35 bits per heavy atom. The molecule has 0 radical (unpaired) electrons. The summed E-state index contributed by atoms with van der Waals surface area (Å²) >= 11 is 0. The summed E-state index contributed by atoms with van der Waals surface area (Å²) in [5.74, 6) is 0. The van der Waals surface area contributed by atoms with E-state index in [2.05, 4.69) is 6.92 Å². The minimum Gasteiger partial charge on any atom is -0.483 e. The summed E-state index contributed by atoms with van der Waals surface area (Å²) < 4.78 is 0. The van der Waals surface area contributed by atoms with Crippen LogP contribution >= 0.6 is 0 Å². The number of rotatable bonds is 11. The van der Waals surface area contributed by atoms with Crippen LogP contribution in [0.5, 0.6) is 0 Å². The SMILES string of the molecule is CCCCCCCCCCCCCO.O=CO. The van der Waals surface area contributed by atoms with Crippen LogP contribution in [0.1, 0.15) is 77.6 Å². The predicted molar refractivity (Wildman–Crippen MR) is 72.2 cm³/mol. The van der Waals surface area contributed by atoms with Crippen molar-refractivity contribution >= 4 is 6.47 Å². The van der Waals surface area contributed by atoms with E-state index in [0.717, 1.165) is 6.42 Å². The Labute approximate surface area is 106 Å². The van der Waals surface area contributed by atoms with E-state index in [1.54, 1.807) is 0 Å². The predicted octanol–water partition coefficient (Wildman–Crippen LogP) is 3.99. The van der Waals surface area contributed by atoms with Gasteiger partial charge in [0.15, 0.2) is 0 Å². The van der Waals surface area contributed by atoms with Crippen molar-refractivity contribution in [2.24, 2.45) is 0 Å². The molecule has 0 fully saturated rings. The molecule has 0 saturated heterocycles. The molecular weight excluding hydrogens is 216 g/mol. The molecule has 0 amide bonds. The van der Waals surface area contributed by atoms with Gasteiger partial charge in [0.25, 0.3) is 6.47 Å². The van der Waals surface area contributed by atoms with E-state index in [9.17, 15) is 0 Å². The third kappa shape index (κ3) is 25.6. The highest BCUT2D eigenvalue weighted by Crippen LogP contribution is 2.10. The molecule has 0 aromatic rings. The van der Waals surface area contributed by atoms with E-state index >= 15 is 0 Å². The zero-order chi connectivity index (χ0) is 13.2. The summed E-state index contributed by atoms with van der Waals surface area (Å²) in [5.41, 5.74) is 0. The van der Waals surface area contributed by atoms with Crippen LogP contribution < -0.4 is 0 Å². The first-order valence-electron chi connectivity index (χ1n) is 7.02. The summed E-state index contributed by atoms with van der Waals surface area (Å²) in [5, 5.41) is 15.5. The lowest BCUT2D eigenvalue weighted by Crippen LogP contribution is -1.84. The van der Waals surface area contributed by atoms with Crippen LogP contribution in [0.3, 0.4) is 0 Å². The highest BCUT2D eigenvalue weighted by molar-refractivity contribution is 5.32. The van der Waals surface area contributed by atoms with Crippen LogP contribution in [0.4, 0.5) is 0 Å². The minimum absolute atomic E-state index is 0.250. The maximum Gasteiger partial charge on any atom is 0.290 e. The van der Waals surface area contributed by atoms with Crippen molar-refractivity contribution in [3.63, 3.8) is 0 Å². The highest BCUT2D eigenvalue weighted by atomic mass is 16.3. The fourth-order valence-corrected chi connectivity index (χ4v) is 1.78. The summed E-state index contributed by atoms with van der Waals surface area (Å²) in [6.45, 7) is 2.39. The van der Waals surface area contributed by atoms with Gasteiger partial charge >= 0.3 is 0 Å². The molecule has 0 spiro atoms. The molecule has 0 heterocycles. The molecule has 104 valence electrons. The third-order valence-electron chi connectivity index (χ3n) is 2.76. The van der Waals surface area contributed by atoms with Crippen molar-refractivity contribution in [3.8, 4) is 0 Å². The van der Waals surface area contributed by atoms with Crippen LogP contribution in [0.15, 0.2) is 0 Å². The summed E-state index contributed by atoms with van der Waals surface area (Å²) in [7, 11) is 0. The Morgan fingerprint density at radius 2 is 1.06 bits per heavy atom. The zero-order valence-corrected chi connectivity index (χ0v) is 11.4. The number of hydrogen-bond donors (Lipinski definition) is 2. The molecule has 0 aliphatic carbocycles. The van der Waals surface area contributed by atoms with Crippen molar-refractivity contribution < 1.29 is 15.0 Å². The third-order valence-corrected chi connectivity index (χ3v) is 2.76. The topological polar surface area (TPSA) is 57.5 Å². The van der Waals surface area contributed by atoms with E-state index in [4.69, 9.17) is 15.0 Å². The highest BCUT2D eigenvalue weighted by Gasteiger charge is 1.91. The second kappa shape index (κ2) is 20.8. The number of carboxylic acid groups (broad SMARTS) is 1. The van der Waals surface area contributed by atoms with Crippen molar-refractivity contribution in [3.05, 3.63) is 0 Å². The molecule has 0 aromatic heterocycles. The maximum atomic E-state index is 8.59. The number of aliphatic hydroxyl groups excluding tert-OH is 1. The fourth-order valence-electron chi connectivity index (χ4n) is 1.78. The van der Waals surface area contributed by atoms with Gasteiger partial charge in [-0.05, 0) is 6.42 Å². The van der Waals surface area contributed by atoms with Gasteiger partial charge in [-0.15, -0.1) is 0 Å². The Balaban J connectivity index is 0. The lowest BCUT2D eigenvalue weighted by molar-refractivity contribution is -0.122. The van der Waals surface area contributed by atoms with Crippen LogP contribution in [0.25, 0.3) is 0 Å². The monoisotopic (exact) mass is 246 g/mol. The molecule has 0 aliphatic heterocycles. The van der Waals surface area contributed by atoms with Crippen molar-refractivity contribution in [2.75, 3.05) is 6.61 Å². The number of aliphatic hydroxyl groups is 1. The van der Waals surface area contributed by atoms with E-state index in [1.165, 1.54) is 64.2 Å². The molecule has 3 nitrogen and oxygen atoms in total. The molecule has 0 aliphatic rings. The van der Waals surface area contributed by atoms with Crippen LogP contribution in [0, 0.1) is 0 Å². The van der Waals surface area contributed by atoms with E-state index < -0.39 is 0 Å². The van der Waals surface area contributed by atoms with Gasteiger partial charge in [0, 0.05) is 6.61 Å². The van der Waals surface area contributed by atoms with Crippen molar-refractivity contribution in [2.45, 2.75) is 77.6 Å². The van der Waals surface area contributed by atoms with E-state index in [-0.39, 0.29) is 6.47 Å². The molecule has 2 N–H and O–H groups in total. The zero-order valence-electron chi connectivity index (χ0n) is 11.4. The molecular formula is C14H30O3.